The van der Waals surface area contributed by atoms with E-state index in [2.05, 4.69) is 0 Å². The van der Waals surface area contributed by atoms with Crippen molar-refractivity contribution < 1.29 is 14.3 Å². The van der Waals surface area contributed by atoms with Crippen LogP contribution in [0.5, 0.6) is 0 Å². The van der Waals surface area contributed by atoms with Gasteiger partial charge in [0.1, 0.15) is 12.1 Å². The highest BCUT2D eigenvalue weighted by Gasteiger charge is 2.40. The van der Waals surface area contributed by atoms with Crippen molar-refractivity contribution >= 4 is 11.8 Å². The quantitative estimate of drug-likeness (QED) is 0.844. The number of hydrogen-bond acceptors (Lipinski definition) is 3. The minimum Gasteiger partial charge on any atom is -0.370 e. The average Bonchev–Trinajstić information content (AvgIpc) is 3.01. The van der Waals surface area contributed by atoms with Gasteiger partial charge in [-0.1, -0.05) is 44.2 Å². The van der Waals surface area contributed by atoms with E-state index in [1.54, 1.807) is 4.90 Å². The molecular formula is C20H28N2O3. The van der Waals surface area contributed by atoms with Gasteiger partial charge >= 0.3 is 0 Å². The number of carbonyl (C=O) groups excluding carboxylic acids is 2. The fourth-order valence-electron chi connectivity index (χ4n) is 3.84. The molecule has 3 rings (SSSR count). The van der Waals surface area contributed by atoms with Gasteiger partial charge < -0.3 is 14.5 Å². The van der Waals surface area contributed by atoms with Crippen LogP contribution in [0.4, 0.5) is 0 Å². The van der Waals surface area contributed by atoms with Crippen LogP contribution in [0.2, 0.25) is 0 Å². The van der Waals surface area contributed by atoms with Crippen molar-refractivity contribution in [3.63, 3.8) is 0 Å². The Bertz CT molecular complexity index is 617. The van der Waals surface area contributed by atoms with Crippen molar-refractivity contribution in [1.29, 1.82) is 0 Å². The van der Waals surface area contributed by atoms with E-state index >= 15 is 0 Å². The Morgan fingerprint density at radius 1 is 1.24 bits per heavy atom. The highest BCUT2D eigenvalue weighted by Crippen LogP contribution is 2.28. The van der Waals surface area contributed by atoms with Gasteiger partial charge in [0.05, 0.1) is 19.2 Å². The molecule has 0 N–H and O–H groups in total. The monoisotopic (exact) mass is 344 g/mol. The van der Waals surface area contributed by atoms with Crippen LogP contribution in [-0.4, -0.2) is 53.4 Å². The van der Waals surface area contributed by atoms with Crippen LogP contribution in [-0.2, 0) is 14.3 Å². The molecule has 2 aliphatic heterocycles. The lowest BCUT2D eigenvalue weighted by atomic mass is 9.98. The van der Waals surface area contributed by atoms with Crippen LogP contribution >= 0.6 is 0 Å². The first-order valence-corrected chi connectivity index (χ1v) is 9.25. The SMILES string of the molecule is CC(C)[C@H](C(=O)N1C[C@H](c2ccccc2)OC[C@@H]1C)N1CCCC1=O. The maximum atomic E-state index is 13.3. The number of benzene rings is 1. The summed E-state index contributed by atoms with van der Waals surface area (Å²) in [6.45, 7) is 7.80. The zero-order chi connectivity index (χ0) is 18.0. The normalized spacial score (nSPS) is 25.5. The van der Waals surface area contributed by atoms with Crippen LogP contribution in [0, 0.1) is 5.92 Å². The van der Waals surface area contributed by atoms with E-state index in [9.17, 15) is 9.59 Å². The Balaban J connectivity index is 1.79. The number of morpholine rings is 1. The standard InChI is InChI=1S/C20H28N2O3/c1-14(2)19(21-11-7-10-18(21)23)20(24)22-12-17(25-13-15(22)3)16-8-5-4-6-9-16/h4-6,8-9,14-15,17,19H,7,10-13H2,1-3H3/t15-,17+,19+/m0/s1. The molecule has 5 nitrogen and oxygen atoms in total. The molecule has 5 heteroatoms. The van der Waals surface area contributed by atoms with E-state index in [0.717, 1.165) is 12.0 Å². The van der Waals surface area contributed by atoms with Crippen molar-refractivity contribution in [3.8, 4) is 0 Å². The number of hydrogen-bond donors (Lipinski definition) is 0. The van der Waals surface area contributed by atoms with Gasteiger partial charge in [0.2, 0.25) is 11.8 Å². The summed E-state index contributed by atoms with van der Waals surface area (Å²) >= 11 is 0. The summed E-state index contributed by atoms with van der Waals surface area (Å²) in [5.41, 5.74) is 1.09. The second-order valence-electron chi connectivity index (χ2n) is 7.45. The van der Waals surface area contributed by atoms with Crippen molar-refractivity contribution in [2.75, 3.05) is 19.7 Å². The first-order valence-electron chi connectivity index (χ1n) is 9.25. The van der Waals surface area contributed by atoms with Crippen molar-refractivity contribution in [3.05, 3.63) is 35.9 Å². The maximum Gasteiger partial charge on any atom is 0.246 e. The van der Waals surface area contributed by atoms with E-state index in [0.29, 0.717) is 26.1 Å². The second-order valence-corrected chi connectivity index (χ2v) is 7.45. The molecular weight excluding hydrogens is 316 g/mol. The Kier molecular flexibility index (Phi) is 5.42. The van der Waals surface area contributed by atoms with E-state index < -0.39 is 0 Å². The number of carbonyl (C=O) groups is 2. The lowest BCUT2D eigenvalue weighted by molar-refractivity contribution is -0.155. The van der Waals surface area contributed by atoms with Crippen LogP contribution in [0.3, 0.4) is 0 Å². The lowest BCUT2D eigenvalue weighted by Crippen LogP contribution is -2.57. The van der Waals surface area contributed by atoms with Gasteiger partial charge in [-0.05, 0) is 24.8 Å². The summed E-state index contributed by atoms with van der Waals surface area (Å²) in [5.74, 6) is 0.259. The fraction of sp³-hybridized carbons (Fsp3) is 0.600. The van der Waals surface area contributed by atoms with E-state index in [4.69, 9.17) is 4.74 Å². The molecule has 1 aromatic carbocycles. The second kappa shape index (κ2) is 7.56. The summed E-state index contributed by atoms with van der Waals surface area (Å²) in [4.78, 5) is 29.2. The third-order valence-corrected chi connectivity index (χ3v) is 5.22. The third-order valence-electron chi connectivity index (χ3n) is 5.22. The first-order chi connectivity index (χ1) is 12.0. The smallest absolute Gasteiger partial charge is 0.246 e. The van der Waals surface area contributed by atoms with Crippen LogP contribution in [0.25, 0.3) is 0 Å². The van der Waals surface area contributed by atoms with Crippen LogP contribution < -0.4 is 0 Å². The Morgan fingerprint density at radius 3 is 2.56 bits per heavy atom. The number of rotatable bonds is 4. The molecule has 1 aromatic rings. The van der Waals surface area contributed by atoms with Gasteiger partial charge in [0, 0.05) is 13.0 Å². The van der Waals surface area contributed by atoms with Crippen LogP contribution in [0.1, 0.15) is 45.3 Å². The van der Waals surface area contributed by atoms with Gasteiger partial charge in [0.25, 0.3) is 0 Å². The summed E-state index contributed by atoms with van der Waals surface area (Å²) in [7, 11) is 0. The molecule has 3 atom stereocenters. The zero-order valence-electron chi connectivity index (χ0n) is 15.4. The minimum absolute atomic E-state index is 0.0198. The number of nitrogens with zero attached hydrogens (tertiary/aromatic N) is 2. The molecule has 0 bridgehead atoms. The number of likely N-dealkylation sites (tertiary alicyclic amines) is 1. The van der Waals surface area contributed by atoms with Crippen LogP contribution in [0.15, 0.2) is 30.3 Å². The molecule has 0 radical (unpaired) electrons. The molecule has 0 spiro atoms. The first kappa shape index (κ1) is 17.9. The fourth-order valence-corrected chi connectivity index (χ4v) is 3.84. The Morgan fingerprint density at radius 2 is 1.96 bits per heavy atom. The van der Waals surface area contributed by atoms with Crippen molar-refractivity contribution in [2.45, 2.75) is 51.8 Å². The van der Waals surface area contributed by atoms with Gasteiger partial charge in [-0.25, -0.2) is 0 Å². The maximum absolute atomic E-state index is 13.3. The topological polar surface area (TPSA) is 49.9 Å². The summed E-state index contributed by atoms with van der Waals surface area (Å²) in [6, 6.07) is 9.68. The van der Waals surface area contributed by atoms with E-state index in [1.165, 1.54) is 0 Å². The summed E-state index contributed by atoms with van der Waals surface area (Å²) in [5, 5.41) is 0. The van der Waals surface area contributed by atoms with Gasteiger partial charge in [-0.15, -0.1) is 0 Å². The van der Waals surface area contributed by atoms with E-state index in [-0.39, 0.29) is 35.9 Å². The predicted octanol–water partition coefficient (Wildman–Crippen LogP) is 2.62. The van der Waals surface area contributed by atoms with Crippen molar-refractivity contribution in [2.24, 2.45) is 5.92 Å². The molecule has 2 amide bonds. The molecule has 2 fully saturated rings. The number of amides is 2. The predicted molar refractivity (Wildman–Crippen MR) is 95.9 cm³/mol. The molecule has 2 heterocycles. The zero-order valence-corrected chi connectivity index (χ0v) is 15.4. The molecule has 136 valence electrons. The molecule has 0 unspecified atom stereocenters. The molecule has 2 aliphatic rings. The summed E-state index contributed by atoms with van der Waals surface area (Å²) < 4.78 is 5.97. The van der Waals surface area contributed by atoms with Crippen molar-refractivity contribution in [1.82, 2.24) is 9.80 Å². The Labute approximate surface area is 149 Å². The summed E-state index contributed by atoms with van der Waals surface area (Å²) in [6.07, 6.45) is 1.30. The minimum atomic E-state index is -0.369. The largest absolute Gasteiger partial charge is 0.370 e. The van der Waals surface area contributed by atoms with Gasteiger partial charge in [-0.2, -0.15) is 0 Å². The highest BCUT2D eigenvalue weighted by atomic mass is 16.5. The molecule has 25 heavy (non-hydrogen) atoms. The third kappa shape index (κ3) is 3.71. The molecule has 2 saturated heterocycles. The van der Waals surface area contributed by atoms with Gasteiger partial charge in [0.15, 0.2) is 0 Å². The number of ether oxygens (including phenoxy) is 1. The highest BCUT2D eigenvalue weighted by molar-refractivity contribution is 5.89. The lowest BCUT2D eigenvalue weighted by Gasteiger charge is -2.42. The molecule has 0 aliphatic carbocycles. The van der Waals surface area contributed by atoms with E-state index in [1.807, 2.05) is 56.0 Å². The molecule has 0 aromatic heterocycles. The Hall–Kier alpha value is -1.88. The van der Waals surface area contributed by atoms with Gasteiger partial charge in [-0.3, -0.25) is 9.59 Å². The molecule has 0 saturated carbocycles. The average molecular weight is 344 g/mol.